The lowest BCUT2D eigenvalue weighted by atomic mass is 9.98. The van der Waals surface area contributed by atoms with Crippen LogP contribution in [0.25, 0.3) is 10.8 Å². The second-order valence-electron chi connectivity index (χ2n) is 12.0. The highest BCUT2D eigenvalue weighted by Gasteiger charge is 2.50. The van der Waals surface area contributed by atoms with E-state index < -0.39 is 33.5 Å². The maximum absolute atomic E-state index is 16.3. The monoisotopic (exact) mass is 649 g/mol. The summed E-state index contributed by atoms with van der Waals surface area (Å²) in [4.78, 5) is 14.7. The molecular formula is C35H37F2N3O5S. The molecule has 1 amide bonds. The van der Waals surface area contributed by atoms with E-state index in [9.17, 15) is 13.2 Å². The minimum atomic E-state index is -4.57. The number of sulfonamides is 1. The maximum atomic E-state index is 16.3. The molecule has 11 heteroatoms. The summed E-state index contributed by atoms with van der Waals surface area (Å²) < 4.78 is 73.9. The van der Waals surface area contributed by atoms with Gasteiger partial charge < -0.3 is 20.1 Å². The fourth-order valence-electron chi connectivity index (χ4n) is 5.98. The molecule has 2 fully saturated rings. The Morgan fingerprint density at radius 3 is 2.13 bits per heavy atom. The summed E-state index contributed by atoms with van der Waals surface area (Å²) in [5.41, 5.74) is 5.44. The van der Waals surface area contributed by atoms with Gasteiger partial charge in [0.1, 0.15) is 17.2 Å². The summed E-state index contributed by atoms with van der Waals surface area (Å²) in [7, 11) is -4.57. The molecule has 8 nitrogen and oxygen atoms in total. The predicted molar refractivity (Wildman–Crippen MR) is 172 cm³/mol. The van der Waals surface area contributed by atoms with Crippen LogP contribution in [-0.2, 0) is 20.7 Å². The van der Waals surface area contributed by atoms with Crippen molar-refractivity contribution < 1.29 is 31.5 Å². The van der Waals surface area contributed by atoms with Gasteiger partial charge in [0.15, 0.2) is 6.04 Å². The predicted octanol–water partition coefficient (Wildman–Crippen LogP) is 6.34. The van der Waals surface area contributed by atoms with Crippen LogP contribution in [0.5, 0.6) is 17.2 Å². The Hall–Kier alpha value is -4.06. The number of piperidine rings is 1. The number of alkyl halides is 2. The number of nitrogens with two attached hydrogens (primary N) is 1. The normalized spacial score (nSPS) is 17.2. The number of fused-ring (bicyclic) bond motifs is 1. The van der Waals surface area contributed by atoms with E-state index in [-0.39, 0.29) is 30.1 Å². The highest BCUT2D eigenvalue weighted by molar-refractivity contribution is 7.89. The molecule has 3 N–H and O–H groups in total. The third-order valence-electron chi connectivity index (χ3n) is 8.65. The molecule has 1 unspecified atom stereocenters. The lowest BCUT2D eigenvalue weighted by molar-refractivity contribution is -0.145. The standard InChI is InChI=1S/C35H37F2N3O5S/c36-35(37,26-12-15-30(16-13-26)44-28-6-2-1-3-7-28)33(34(41)40-20-18-27(38)19-21-40)39-46(42,43)32-17-11-24-22-31(14-10-25(24)23-32)45-29-8-4-5-9-29/h1-3,6-7,10-17,22-23,27,29,33,39H,4-5,8-9,18-21,38H2. The van der Waals surface area contributed by atoms with Crippen LogP contribution in [0.15, 0.2) is 95.9 Å². The molecule has 6 rings (SSSR count). The van der Waals surface area contributed by atoms with Crippen molar-refractivity contribution in [1.29, 1.82) is 0 Å². The van der Waals surface area contributed by atoms with E-state index in [0.717, 1.165) is 43.2 Å². The molecule has 0 spiro atoms. The summed E-state index contributed by atoms with van der Waals surface area (Å²) in [5.74, 6) is -3.39. The van der Waals surface area contributed by atoms with Crippen LogP contribution in [0.2, 0.25) is 0 Å². The van der Waals surface area contributed by atoms with Gasteiger partial charge in [-0.1, -0.05) is 30.3 Å². The number of halogens is 2. The largest absolute Gasteiger partial charge is 0.490 e. The highest BCUT2D eigenvalue weighted by atomic mass is 32.2. The van der Waals surface area contributed by atoms with Crippen LogP contribution in [0, 0.1) is 0 Å². The van der Waals surface area contributed by atoms with Gasteiger partial charge in [-0.2, -0.15) is 13.5 Å². The van der Waals surface area contributed by atoms with Crippen LogP contribution in [-0.4, -0.2) is 50.5 Å². The number of nitrogens with zero attached hydrogens (tertiary/aromatic N) is 1. The number of nitrogens with one attached hydrogen (secondary N) is 1. The SMILES string of the molecule is NC1CCN(C(=O)C(NS(=O)(=O)c2ccc3cc(OC4CCCC4)ccc3c2)C(F)(F)c2ccc(Oc3ccccc3)cc2)CC1. The molecule has 0 aromatic heterocycles. The number of ether oxygens (including phenoxy) is 2. The Bertz CT molecular complexity index is 1770. The van der Waals surface area contributed by atoms with Crippen LogP contribution in [0.1, 0.15) is 44.1 Å². The zero-order valence-corrected chi connectivity index (χ0v) is 26.1. The second kappa shape index (κ2) is 13.4. The molecule has 46 heavy (non-hydrogen) atoms. The number of carbonyl (C=O) groups is 1. The maximum Gasteiger partial charge on any atom is 0.298 e. The molecule has 1 saturated heterocycles. The molecule has 4 aromatic rings. The Morgan fingerprint density at radius 2 is 1.43 bits per heavy atom. The van der Waals surface area contributed by atoms with Crippen molar-refractivity contribution in [2.45, 2.75) is 67.5 Å². The summed E-state index contributed by atoms with van der Waals surface area (Å²) in [6.07, 6.45) is 5.30. The van der Waals surface area contributed by atoms with Crippen molar-refractivity contribution in [3.63, 3.8) is 0 Å². The molecule has 1 atom stereocenters. The number of para-hydroxylation sites is 1. The molecule has 4 aromatic carbocycles. The van der Waals surface area contributed by atoms with Gasteiger partial charge in [-0.25, -0.2) is 8.42 Å². The average molecular weight is 650 g/mol. The molecular weight excluding hydrogens is 612 g/mol. The number of hydrogen-bond donors (Lipinski definition) is 2. The van der Waals surface area contributed by atoms with Gasteiger partial charge in [-0.05, 0) is 110 Å². The Morgan fingerprint density at radius 1 is 0.826 bits per heavy atom. The zero-order chi connectivity index (χ0) is 32.3. The fraction of sp³-hybridized carbons (Fsp3) is 0.343. The third-order valence-corrected chi connectivity index (χ3v) is 10.1. The highest BCUT2D eigenvalue weighted by Crippen LogP contribution is 2.36. The number of hydrogen-bond acceptors (Lipinski definition) is 6. The Balaban J connectivity index is 1.27. The van der Waals surface area contributed by atoms with Crippen molar-refractivity contribution in [2.75, 3.05) is 13.1 Å². The first kappa shape index (κ1) is 31.9. The number of rotatable bonds is 10. The lowest BCUT2D eigenvalue weighted by Gasteiger charge is -2.35. The number of amides is 1. The molecule has 2 aliphatic rings. The van der Waals surface area contributed by atoms with Gasteiger partial charge in [-0.3, -0.25) is 4.79 Å². The van der Waals surface area contributed by atoms with Crippen molar-refractivity contribution in [3.8, 4) is 17.2 Å². The molecule has 242 valence electrons. The van der Waals surface area contributed by atoms with E-state index in [1.807, 2.05) is 12.1 Å². The summed E-state index contributed by atoms with van der Waals surface area (Å²) >= 11 is 0. The van der Waals surface area contributed by atoms with Crippen molar-refractivity contribution in [2.24, 2.45) is 5.73 Å². The third kappa shape index (κ3) is 7.16. The minimum Gasteiger partial charge on any atom is -0.490 e. The van der Waals surface area contributed by atoms with E-state index in [4.69, 9.17) is 15.2 Å². The van der Waals surface area contributed by atoms with Crippen LogP contribution < -0.4 is 19.9 Å². The van der Waals surface area contributed by atoms with E-state index in [1.54, 1.807) is 42.5 Å². The lowest BCUT2D eigenvalue weighted by Crippen LogP contribution is -2.57. The average Bonchev–Trinajstić information content (AvgIpc) is 3.57. The van der Waals surface area contributed by atoms with Gasteiger partial charge in [0.25, 0.3) is 5.92 Å². The Kier molecular flexibility index (Phi) is 9.26. The zero-order valence-electron chi connectivity index (χ0n) is 25.3. The molecule has 0 radical (unpaired) electrons. The fourth-order valence-corrected chi connectivity index (χ4v) is 7.21. The molecule has 1 aliphatic heterocycles. The number of likely N-dealkylation sites (tertiary alicyclic amines) is 1. The van der Waals surface area contributed by atoms with Gasteiger partial charge in [0.05, 0.1) is 11.0 Å². The molecule has 1 saturated carbocycles. The van der Waals surface area contributed by atoms with E-state index in [2.05, 4.69) is 4.72 Å². The van der Waals surface area contributed by atoms with Crippen molar-refractivity contribution in [1.82, 2.24) is 9.62 Å². The Labute approximate surface area is 267 Å². The van der Waals surface area contributed by atoms with Crippen molar-refractivity contribution >= 4 is 26.7 Å². The second-order valence-corrected chi connectivity index (χ2v) is 13.7. The van der Waals surface area contributed by atoms with Crippen LogP contribution >= 0.6 is 0 Å². The number of benzene rings is 4. The summed E-state index contributed by atoms with van der Waals surface area (Å²) in [5, 5.41) is 1.34. The van der Waals surface area contributed by atoms with Gasteiger partial charge in [0.2, 0.25) is 15.9 Å². The van der Waals surface area contributed by atoms with Crippen molar-refractivity contribution in [3.05, 3.63) is 96.6 Å². The quantitative estimate of drug-likeness (QED) is 0.207. The molecule has 0 bridgehead atoms. The minimum absolute atomic E-state index is 0.152. The van der Waals surface area contributed by atoms with E-state index in [0.29, 0.717) is 35.5 Å². The summed E-state index contributed by atoms with van der Waals surface area (Å²) in [6.45, 7) is 0.304. The first-order valence-electron chi connectivity index (χ1n) is 15.6. The van der Waals surface area contributed by atoms with Gasteiger partial charge in [0, 0.05) is 24.7 Å². The number of carbonyl (C=O) groups excluding carboxylic acids is 1. The molecule has 1 aliphatic carbocycles. The smallest absolute Gasteiger partial charge is 0.298 e. The summed E-state index contributed by atoms with van der Waals surface area (Å²) in [6, 6.07) is 21.0. The first-order chi connectivity index (χ1) is 22.1. The van der Waals surface area contributed by atoms with Gasteiger partial charge >= 0.3 is 0 Å². The molecule has 1 heterocycles. The van der Waals surface area contributed by atoms with E-state index in [1.165, 1.54) is 29.2 Å². The van der Waals surface area contributed by atoms with E-state index >= 15 is 8.78 Å². The van der Waals surface area contributed by atoms with Gasteiger partial charge in [-0.15, -0.1) is 0 Å². The topological polar surface area (TPSA) is 111 Å². The van der Waals surface area contributed by atoms with Crippen LogP contribution in [0.4, 0.5) is 8.78 Å². The first-order valence-corrected chi connectivity index (χ1v) is 17.1. The van der Waals surface area contributed by atoms with Crippen LogP contribution in [0.3, 0.4) is 0 Å².